The second kappa shape index (κ2) is 6.74. The maximum Gasteiger partial charge on any atom is 0.0391 e. The summed E-state index contributed by atoms with van der Waals surface area (Å²) >= 11 is 0. The highest BCUT2D eigenvalue weighted by atomic mass is 15.1. The molecule has 0 aliphatic carbocycles. The molecule has 0 fully saturated rings. The predicted octanol–water partition coefficient (Wildman–Crippen LogP) is 3.15. The average Bonchev–Trinajstić information content (AvgIpc) is 2.29. The van der Waals surface area contributed by atoms with Crippen LogP contribution in [0.3, 0.4) is 0 Å². The van der Waals surface area contributed by atoms with Gasteiger partial charge in [-0.2, -0.15) is 0 Å². The van der Waals surface area contributed by atoms with E-state index in [1.165, 1.54) is 11.3 Å². The molecule has 0 aliphatic heterocycles. The van der Waals surface area contributed by atoms with Crippen LogP contribution in [0.5, 0.6) is 0 Å². The minimum absolute atomic E-state index is 1.10. The average molecular weight is 243 g/mol. The highest BCUT2D eigenvalue weighted by molar-refractivity contribution is 5.42. The molecule has 2 heterocycles. The van der Waals surface area contributed by atoms with Crippen LogP contribution >= 0.6 is 0 Å². The van der Waals surface area contributed by atoms with Gasteiger partial charge in [-0.1, -0.05) is 0 Å². The number of nitrogens with zero attached hydrogens (tertiary/aromatic N) is 3. The lowest BCUT2D eigenvalue weighted by Gasteiger charge is -2.10. The Morgan fingerprint density at radius 3 is 1.72 bits per heavy atom. The van der Waals surface area contributed by atoms with E-state index in [2.05, 4.69) is 29.0 Å². The van der Waals surface area contributed by atoms with Crippen molar-refractivity contribution in [1.82, 2.24) is 9.97 Å². The molecule has 18 heavy (non-hydrogen) atoms. The van der Waals surface area contributed by atoms with Crippen LogP contribution in [-0.2, 0) is 0 Å². The Morgan fingerprint density at radius 1 is 0.889 bits per heavy atom. The first-order chi connectivity index (χ1) is 8.49. The summed E-state index contributed by atoms with van der Waals surface area (Å²) < 4.78 is 0. The molecule has 0 N–H and O–H groups in total. The second-order valence-corrected chi connectivity index (χ2v) is 4.53. The Balaban J connectivity index is 0.000000180. The van der Waals surface area contributed by atoms with E-state index in [0.717, 1.165) is 11.4 Å². The molecule has 2 aromatic rings. The minimum Gasteiger partial charge on any atom is -0.378 e. The van der Waals surface area contributed by atoms with Gasteiger partial charge in [-0.3, -0.25) is 9.97 Å². The van der Waals surface area contributed by atoms with Crippen LogP contribution in [0.25, 0.3) is 0 Å². The Hall–Kier alpha value is -1.90. The van der Waals surface area contributed by atoms with E-state index in [4.69, 9.17) is 0 Å². The van der Waals surface area contributed by atoms with Crippen molar-refractivity contribution >= 4 is 5.69 Å². The molecule has 0 atom stereocenters. The molecular weight excluding hydrogens is 222 g/mol. The van der Waals surface area contributed by atoms with Crippen LogP contribution in [0, 0.1) is 20.8 Å². The summed E-state index contributed by atoms with van der Waals surface area (Å²) in [6, 6.07) is 8.10. The van der Waals surface area contributed by atoms with Crippen molar-refractivity contribution in [1.29, 1.82) is 0 Å². The van der Waals surface area contributed by atoms with Crippen LogP contribution in [-0.4, -0.2) is 24.1 Å². The molecule has 3 nitrogen and oxygen atoms in total. The molecule has 0 saturated heterocycles. The minimum atomic E-state index is 1.10. The number of aryl methyl sites for hydroxylation is 3. The first kappa shape index (κ1) is 14.2. The van der Waals surface area contributed by atoms with Crippen molar-refractivity contribution in [3.63, 3.8) is 0 Å². The summed E-state index contributed by atoms with van der Waals surface area (Å²) in [5.74, 6) is 0. The van der Waals surface area contributed by atoms with Crippen LogP contribution in [0.2, 0.25) is 0 Å². The maximum absolute atomic E-state index is 4.23. The second-order valence-electron chi connectivity index (χ2n) is 4.53. The standard InChI is InChI=1S/C8H11N.C7H10N2/c1-6-4-7(2)9-8(3)5-6;1-9(2)7-3-5-8-6-4-7/h4-5H,1-3H3;3-6H,1-2H3. The Bertz CT molecular complexity index is 428. The first-order valence-corrected chi connectivity index (χ1v) is 5.98. The van der Waals surface area contributed by atoms with Gasteiger partial charge in [0.25, 0.3) is 0 Å². The lowest BCUT2D eigenvalue weighted by atomic mass is 10.2. The van der Waals surface area contributed by atoms with Crippen LogP contribution in [0.15, 0.2) is 36.7 Å². The fourth-order valence-corrected chi connectivity index (χ4v) is 1.69. The van der Waals surface area contributed by atoms with Gasteiger partial charge >= 0.3 is 0 Å². The van der Waals surface area contributed by atoms with Crippen molar-refractivity contribution in [3.8, 4) is 0 Å². The number of pyridine rings is 2. The summed E-state index contributed by atoms with van der Waals surface area (Å²) in [6.45, 7) is 6.11. The highest BCUT2D eigenvalue weighted by Gasteiger charge is 1.89. The van der Waals surface area contributed by atoms with E-state index in [0.29, 0.717) is 0 Å². The summed E-state index contributed by atoms with van der Waals surface area (Å²) in [7, 11) is 4.02. The van der Waals surface area contributed by atoms with Crippen LogP contribution in [0.4, 0.5) is 5.69 Å². The maximum atomic E-state index is 4.23. The highest BCUT2D eigenvalue weighted by Crippen LogP contribution is 2.05. The zero-order valence-electron chi connectivity index (χ0n) is 11.8. The molecule has 0 saturated carbocycles. The molecular formula is C15H21N3. The smallest absolute Gasteiger partial charge is 0.0391 e. The van der Waals surface area contributed by atoms with E-state index in [1.54, 1.807) is 12.4 Å². The van der Waals surface area contributed by atoms with E-state index in [1.807, 2.05) is 45.0 Å². The zero-order valence-corrected chi connectivity index (χ0v) is 11.8. The van der Waals surface area contributed by atoms with Gasteiger partial charge in [-0.05, 0) is 50.6 Å². The van der Waals surface area contributed by atoms with Gasteiger partial charge in [-0.15, -0.1) is 0 Å². The fourth-order valence-electron chi connectivity index (χ4n) is 1.69. The van der Waals surface area contributed by atoms with E-state index in [-0.39, 0.29) is 0 Å². The SMILES string of the molecule is CN(C)c1ccncc1.Cc1cc(C)nc(C)c1. The van der Waals surface area contributed by atoms with Crippen molar-refractivity contribution in [2.75, 3.05) is 19.0 Å². The lowest BCUT2D eigenvalue weighted by Crippen LogP contribution is -2.07. The fraction of sp³-hybridized carbons (Fsp3) is 0.333. The number of anilines is 1. The Kier molecular flexibility index (Phi) is 5.31. The number of aromatic nitrogens is 2. The molecule has 0 aliphatic rings. The van der Waals surface area contributed by atoms with Gasteiger partial charge in [0.2, 0.25) is 0 Å². The van der Waals surface area contributed by atoms with Gasteiger partial charge in [-0.25, -0.2) is 0 Å². The molecule has 0 aromatic carbocycles. The third-order valence-electron chi connectivity index (χ3n) is 2.40. The molecule has 0 spiro atoms. The van der Waals surface area contributed by atoms with E-state index in [9.17, 15) is 0 Å². The van der Waals surface area contributed by atoms with Crippen molar-refractivity contribution in [2.24, 2.45) is 0 Å². The van der Waals surface area contributed by atoms with Gasteiger partial charge in [0.15, 0.2) is 0 Å². The third-order valence-corrected chi connectivity index (χ3v) is 2.40. The topological polar surface area (TPSA) is 29.0 Å². The molecule has 0 radical (unpaired) electrons. The summed E-state index contributed by atoms with van der Waals surface area (Å²) in [5.41, 5.74) is 4.69. The van der Waals surface area contributed by atoms with Crippen LogP contribution in [0.1, 0.15) is 17.0 Å². The quantitative estimate of drug-likeness (QED) is 0.770. The zero-order chi connectivity index (χ0) is 13.5. The van der Waals surface area contributed by atoms with E-state index >= 15 is 0 Å². The normalized spacial score (nSPS) is 9.39. The summed E-state index contributed by atoms with van der Waals surface area (Å²) in [4.78, 5) is 10.2. The van der Waals surface area contributed by atoms with Crippen molar-refractivity contribution < 1.29 is 0 Å². The van der Waals surface area contributed by atoms with Gasteiger partial charge in [0, 0.05) is 43.6 Å². The van der Waals surface area contributed by atoms with E-state index < -0.39 is 0 Å². The molecule has 3 heteroatoms. The Morgan fingerprint density at radius 2 is 1.39 bits per heavy atom. The monoisotopic (exact) mass is 243 g/mol. The van der Waals surface area contributed by atoms with Crippen molar-refractivity contribution in [3.05, 3.63) is 53.6 Å². The molecule has 0 unspecified atom stereocenters. The lowest BCUT2D eigenvalue weighted by molar-refractivity contribution is 1.10. The summed E-state index contributed by atoms with van der Waals surface area (Å²) in [5, 5.41) is 0. The van der Waals surface area contributed by atoms with Gasteiger partial charge in [0.1, 0.15) is 0 Å². The Labute approximate surface area is 110 Å². The largest absolute Gasteiger partial charge is 0.378 e. The molecule has 0 amide bonds. The third kappa shape index (κ3) is 4.95. The molecule has 96 valence electrons. The van der Waals surface area contributed by atoms with Gasteiger partial charge < -0.3 is 4.90 Å². The molecule has 2 aromatic heterocycles. The number of hydrogen-bond acceptors (Lipinski definition) is 3. The predicted molar refractivity (Wildman–Crippen MR) is 77.0 cm³/mol. The summed E-state index contributed by atoms with van der Waals surface area (Å²) in [6.07, 6.45) is 3.57. The molecule has 0 bridgehead atoms. The van der Waals surface area contributed by atoms with Gasteiger partial charge in [0.05, 0.1) is 0 Å². The molecule has 2 rings (SSSR count). The van der Waals surface area contributed by atoms with Crippen LogP contribution < -0.4 is 4.90 Å². The first-order valence-electron chi connectivity index (χ1n) is 5.98. The number of rotatable bonds is 1. The number of hydrogen-bond donors (Lipinski definition) is 0. The van der Waals surface area contributed by atoms with Crippen molar-refractivity contribution in [2.45, 2.75) is 20.8 Å².